The summed E-state index contributed by atoms with van der Waals surface area (Å²) in [4.78, 5) is 0. The number of hydrogen-bond donors (Lipinski definition) is 3. The van der Waals surface area contributed by atoms with Gasteiger partial charge < -0.3 is 15.9 Å². The van der Waals surface area contributed by atoms with Crippen molar-refractivity contribution in [3.63, 3.8) is 0 Å². The molecule has 0 amide bonds. The van der Waals surface area contributed by atoms with Crippen LogP contribution < -0.4 is 5.73 Å². The molecule has 21 heavy (non-hydrogen) atoms. The van der Waals surface area contributed by atoms with Gasteiger partial charge in [-0.2, -0.15) is 0 Å². The predicted molar refractivity (Wildman–Crippen MR) is 104 cm³/mol. The summed E-state index contributed by atoms with van der Waals surface area (Å²) in [6, 6.07) is 12.8. The number of aliphatic hydroxyl groups excluding tert-OH is 1. The zero-order valence-corrected chi connectivity index (χ0v) is 16.2. The lowest BCUT2D eigenvalue weighted by Gasteiger charge is -2.21. The average Bonchev–Trinajstić information content (AvgIpc) is 2.43. The fraction of sp³-hybridized carbons (Fsp3) is 0.200. The Kier molecular flexibility index (Phi) is 7.69. The number of benzene rings is 2. The van der Waals surface area contributed by atoms with Gasteiger partial charge in [-0.25, -0.2) is 0 Å². The number of phenols is 1. The molecule has 4 N–H and O–H groups in total. The first-order valence-corrected chi connectivity index (χ1v) is 8.30. The molecule has 0 heterocycles. The molecule has 6 heteroatoms. The van der Waals surface area contributed by atoms with Crippen LogP contribution in [0.15, 0.2) is 42.5 Å². The lowest BCUT2D eigenvalue weighted by Crippen LogP contribution is -2.28. The zero-order chi connectivity index (χ0) is 14.7. The van der Waals surface area contributed by atoms with Crippen LogP contribution in [0.3, 0.4) is 0 Å². The van der Waals surface area contributed by atoms with E-state index in [-0.39, 0.29) is 18.2 Å². The molecular weight excluding hydrogens is 515 g/mol. The van der Waals surface area contributed by atoms with Crippen molar-refractivity contribution in [1.82, 2.24) is 0 Å². The molecule has 0 saturated heterocycles. The molecule has 2 aromatic rings. The van der Waals surface area contributed by atoms with Gasteiger partial charge in [-0.3, -0.25) is 0 Å². The second-order valence-electron chi connectivity index (χ2n) is 4.61. The van der Waals surface area contributed by atoms with Crippen LogP contribution in [0.1, 0.15) is 17.2 Å². The quantitative estimate of drug-likeness (QED) is 0.528. The number of aliphatic hydroxyl groups is 1. The van der Waals surface area contributed by atoms with E-state index < -0.39 is 12.1 Å². The van der Waals surface area contributed by atoms with E-state index >= 15 is 0 Å². The molecule has 0 saturated carbocycles. The summed E-state index contributed by atoms with van der Waals surface area (Å²) < 4.78 is 1.73. The van der Waals surface area contributed by atoms with Crippen molar-refractivity contribution in [2.75, 3.05) is 0 Å². The highest BCUT2D eigenvalue weighted by Gasteiger charge is 2.22. The van der Waals surface area contributed by atoms with Crippen molar-refractivity contribution < 1.29 is 10.2 Å². The SMILES string of the molecule is Cl.N[C@H](c1cc(I)cc(I)c1O)[C@@H](O)Cc1ccccc1. The van der Waals surface area contributed by atoms with Crippen molar-refractivity contribution in [3.8, 4) is 5.75 Å². The monoisotopic (exact) mass is 531 g/mol. The highest BCUT2D eigenvalue weighted by Crippen LogP contribution is 2.32. The molecule has 0 aliphatic heterocycles. The first-order valence-electron chi connectivity index (χ1n) is 6.14. The highest BCUT2D eigenvalue weighted by atomic mass is 127. The van der Waals surface area contributed by atoms with Gasteiger partial charge in [-0.05, 0) is 62.9 Å². The van der Waals surface area contributed by atoms with Crippen LogP contribution in [0.5, 0.6) is 5.75 Å². The third-order valence-electron chi connectivity index (χ3n) is 3.12. The largest absolute Gasteiger partial charge is 0.506 e. The Bertz CT molecular complexity index is 596. The van der Waals surface area contributed by atoms with Crippen molar-refractivity contribution >= 4 is 57.6 Å². The van der Waals surface area contributed by atoms with Crippen LogP contribution in [0.4, 0.5) is 0 Å². The minimum absolute atomic E-state index is 0. The van der Waals surface area contributed by atoms with Gasteiger partial charge in [-0.15, -0.1) is 12.4 Å². The maximum Gasteiger partial charge on any atom is 0.133 e. The number of rotatable bonds is 4. The fourth-order valence-corrected chi connectivity index (χ4v) is 3.92. The molecule has 0 unspecified atom stereocenters. The number of aromatic hydroxyl groups is 1. The Balaban J connectivity index is 0.00000220. The van der Waals surface area contributed by atoms with Gasteiger partial charge >= 0.3 is 0 Å². The second-order valence-corrected chi connectivity index (χ2v) is 7.02. The Morgan fingerprint density at radius 3 is 2.33 bits per heavy atom. The first-order chi connectivity index (χ1) is 9.49. The summed E-state index contributed by atoms with van der Waals surface area (Å²) >= 11 is 4.24. The Hall–Kier alpha value is -0.0900. The van der Waals surface area contributed by atoms with E-state index in [0.717, 1.165) is 12.7 Å². The topological polar surface area (TPSA) is 66.5 Å². The fourth-order valence-electron chi connectivity index (χ4n) is 2.03. The number of phenolic OH excluding ortho intramolecular Hbond substituents is 1. The van der Waals surface area contributed by atoms with Crippen molar-refractivity contribution in [2.45, 2.75) is 18.6 Å². The molecule has 0 radical (unpaired) electrons. The number of halogens is 3. The third-order valence-corrected chi connectivity index (χ3v) is 4.56. The first kappa shape index (κ1) is 19.0. The minimum atomic E-state index is -0.739. The maximum absolute atomic E-state index is 10.3. The average molecular weight is 532 g/mol. The molecule has 3 nitrogen and oxygen atoms in total. The summed E-state index contributed by atoms with van der Waals surface area (Å²) in [7, 11) is 0. The van der Waals surface area contributed by atoms with Crippen LogP contribution in [-0.4, -0.2) is 16.3 Å². The highest BCUT2D eigenvalue weighted by molar-refractivity contribution is 14.1. The molecule has 2 rings (SSSR count). The lowest BCUT2D eigenvalue weighted by molar-refractivity contribution is 0.143. The van der Waals surface area contributed by atoms with E-state index in [4.69, 9.17) is 5.73 Å². The van der Waals surface area contributed by atoms with Gasteiger partial charge in [0.25, 0.3) is 0 Å². The third kappa shape index (κ3) is 4.95. The van der Waals surface area contributed by atoms with E-state index in [9.17, 15) is 10.2 Å². The molecule has 0 bridgehead atoms. The van der Waals surface area contributed by atoms with Crippen LogP contribution in [-0.2, 0) is 6.42 Å². The molecule has 0 aromatic heterocycles. The van der Waals surface area contributed by atoms with Crippen LogP contribution in [0.25, 0.3) is 0 Å². The van der Waals surface area contributed by atoms with Gasteiger partial charge in [0.2, 0.25) is 0 Å². The molecule has 0 aliphatic carbocycles. The summed E-state index contributed by atoms with van der Waals surface area (Å²) in [5.41, 5.74) is 7.72. The summed E-state index contributed by atoms with van der Waals surface area (Å²) in [5.74, 6) is 0.158. The number of nitrogens with two attached hydrogens (primary N) is 1. The van der Waals surface area contributed by atoms with Crippen LogP contribution in [0, 0.1) is 7.14 Å². The van der Waals surface area contributed by atoms with Gasteiger partial charge in [0, 0.05) is 15.6 Å². The summed E-state index contributed by atoms with van der Waals surface area (Å²) in [5, 5.41) is 20.4. The minimum Gasteiger partial charge on any atom is -0.506 e. The van der Waals surface area contributed by atoms with Crippen molar-refractivity contribution in [3.05, 3.63) is 60.7 Å². The van der Waals surface area contributed by atoms with Gasteiger partial charge in [-0.1, -0.05) is 30.3 Å². The molecular formula is C15H16ClI2NO2. The number of hydrogen-bond acceptors (Lipinski definition) is 3. The van der Waals surface area contributed by atoms with E-state index in [0.29, 0.717) is 12.0 Å². The normalized spacial score (nSPS) is 13.3. The Morgan fingerprint density at radius 2 is 1.71 bits per heavy atom. The van der Waals surface area contributed by atoms with Crippen molar-refractivity contribution in [1.29, 1.82) is 0 Å². The molecule has 0 spiro atoms. The smallest absolute Gasteiger partial charge is 0.133 e. The molecule has 0 aliphatic rings. The van der Waals surface area contributed by atoms with Gasteiger partial charge in [0.1, 0.15) is 5.75 Å². The van der Waals surface area contributed by atoms with E-state index in [1.807, 2.05) is 42.5 Å². The zero-order valence-electron chi connectivity index (χ0n) is 11.0. The van der Waals surface area contributed by atoms with Gasteiger partial charge in [0.15, 0.2) is 0 Å². The Labute approximate surface area is 157 Å². The standard InChI is InChI=1S/C15H15I2NO2.ClH/c16-10-7-11(15(20)12(17)8-10)14(18)13(19)6-9-4-2-1-3-5-9;/h1-5,7-8,13-14,19-20H,6,18H2;1H/t13-,14+;/m0./s1. The predicted octanol–water partition coefficient (Wildman–Crippen LogP) is 3.63. The molecule has 0 fully saturated rings. The molecule has 2 atom stereocenters. The lowest BCUT2D eigenvalue weighted by atomic mass is 9.96. The van der Waals surface area contributed by atoms with Crippen LogP contribution in [0.2, 0.25) is 0 Å². The van der Waals surface area contributed by atoms with Gasteiger partial charge in [0.05, 0.1) is 15.7 Å². The summed E-state index contributed by atoms with van der Waals surface area (Å²) in [6.07, 6.45) is -0.277. The molecule has 2 aromatic carbocycles. The molecule has 114 valence electrons. The van der Waals surface area contributed by atoms with E-state index in [2.05, 4.69) is 45.2 Å². The second kappa shape index (κ2) is 8.52. The van der Waals surface area contributed by atoms with E-state index in [1.54, 1.807) is 0 Å². The van der Waals surface area contributed by atoms with Crippen LogP contribution >= 0.6 is 57.6 Å². The summed E-state index contributed by atoms with van der Waals surface area (Å²) in [6.45, 7) is 0. The van der Waals surface area contributed by atoms with Crippen molar-refractivity contribution in [2.24, 2.45) is 5.73 Å². The maximum atomic E-state index is 10.3. The Morgan fingerprint density at radius 1 is 1.10 bits per heavy atom. The van der Waals surface area contributed by atoms with E-state index in [1.165, 1.54) is 0 Å².